The molecule has 50 heavy (non-hydrogen) atoms. The van der Waals surface area contributed by atoms with E-state index in [-0.39, 0.29) is 0 Å². The second kappa shape index (κ2) is 11.5. The van der Waals surface area contributed by atoms with Crippen molar-refractivity contribution >= 4 is 53.9 Å². The number of hydrogen-bond donors (Lipinski definition) is 0. The Bertz CT molecular complexity index is 2830. The van der Waals surface area contributed by atoms with Crippen molar-refractivity contribution in [2.24, 2.45) is 0 Å². The fraction of sp³-hybridized carbons (Fsp3) is 0. The van der Waals surface area contributed by atoms with Gasteiger partial charge in [-0.15, -0.1) is 0 Å². The molecule has 10 rings (SSSR count). The van der Waals surface area contributed by atoms with Gasteiger partial charge in [0.2, 0.25) is 0 Å². The van der Waals surface area contributed by atoms with Gasteiger partial charge in [-0.3, -0.25) is 0 Å². The first-order valence-corrected chi connectivity index (χ1v) is 17.1. The van der Waals surface area contributed by atoms with E-state index < -0.39 is 0 Å². The Morgan fingerprint density at radius 3 is 1.44 bits per heavy atom. The molecule has 0 radical (unpaired) electrons. The van der Waals surface area contributed by atoms with Gasteiger partial charge < -0.3 is 0 Å². The molecule has 0 aliphatic carbocycles. The summed E-state index contributed by atoms with van der Waals surface area (Å²) in [6.07, 6.45) is 3.63. The molecular formula is C48H30N2. The van der Waals surface area contributed by atoms with E-state index in [1.807, 2.05) is 18.5 Å². The average molecular weight is 635 g/mol. The summed E-state index contributed by atoms with van der Waals surface area (Å²) in [7, 11) is 0. The van der Waals surface area contributed by atoms with Gasteiger partial charge >= 0.3 is 0 Å². The van der Waals surface area contributed by atoms with Crippen LogP contribution in [0.25, 0.3) is 98.6 Å². The fourth-order valence-corrected chi connectivity index (χ4v) is 7.81. The molecule has 0 atom stereocenters. The van der Waals surface area contributed by atoms with E-state index in [0.717, 1.165) is 22.2 Å². The molecule has 0 saturated heterocycles. The van der Waals surface area contributed by atoms with Crippen molar-refractivity contribution in [2.45, 2.75) is 0 Å². The Hall–Kier alpha value is -6.64. The average Bonchev–Trinajstić information content (AvgIpc) is 3.19. The van der Waals surface area contributed by atoms with Gasteiger partial charge in [0.05, 0.1) is 0 Å². The minimum Gasteiger partial charge on any atom is -0.237 e. The van der Waals surface area contributed by atoms with E-state index in [4.69, 9.17) is 0 Å². The third-order valence-corrected chi connectivity index (χ3v) is 10.2. The van der Waals surface area contributed by atoms with Crippen LogP contribution >= 0.6 is 0 Å². The summed E-state index contributed by atoms with van der Waals surface area (Å²) in [6, 6.07) is 61.6. The van der Waals surface area contributed by atoms with Crippen molar-refractivity contribution in [3.63, 3.8) is 0 Å². The minimum atomic E-state index is 0.746. The first-order valence-electron chi connectivity index (χ1n) is 17.1. The van der Waals surface area contributed by atoms with Gasteiger partial charge in [0, 0.05) is 18.0 Å². The highest BCUT2D eigenvalue weighted by Gasteiger charge is 2.18. The van der Waals surface area contributed by atoms with E-state index in [0.29, 0.717) is 0 Å². The standard InChI is InChI=1S/C48H30N2/c1-2-10-36-30-45-37(29-35(36)9-1)25-26-40-38(15-7-16-39(40)45)33-21-17-31(18-22-33)32-19-23-34(24-20-32)46-41-11-3-5-13-43(41)47(48-49-27-8-28-50-48)44-14-6-4-12-42(44)46/h1-30H. The number of nitrogens with zero attached hydrogens (tertiary/aromatic N) is 2. The molecule has 0 N–H and O–H groups in total. The van der Waals surface area contributed by atoms with Crippen LogP contribution in [0.1, 0.15) is 0 Å². The predicted octanol–water partition coefficient (Wildman–Crippen LogP) is 12.9. The second-order valence-electron chi connectivity index (χ2n) is 13.0. The normalized spacial score (nSPS) is 11.6. The van der Waals surface area contributed by atoms with Crippen LogP contribution < -0.4 is 0 Å². The maximum absolute atomic E-state index is 4.65. The molecule has 0 spiro atoms. The summed E-state index contributed by atoms with van der Waals surface area (Å²) in [5.41, 5.74) is 8.36. The maximum atomic E-state index is 4.65. The number of benzene rings is 9. The zero-order valence-electron chi connectivity index (χ0n) is 27.2. The van der Waals surface area contributed by atoms with E-state index in [1.165, 1.54) is 76.5 Å². The quantitative estimate of drug-likeness (QED) is 0.142. The molecule has 232 valence electrons. The first kappa shape index (κ1) is 28.4. The van der Waals surface area contributed by atoms with Crippen LogP contribution in [0.3, 0.4) is 0 Å². The van der Waals surface area contributed by atoms with Gasteiger partial charge in [0.25, 0.3) is 0 Å². The predicted molar refractivity (Wildman–Crippen MR) is 211 cm³/mol. The zero-order valence-corrected chi connectivity index (χ0v) is 27.2. The Morgan fingerprint density at radius 2 is 0.800 bits per heavy atom. The Balaban J connectivity index is 1.03. The SMILES string of the molecule is c1cnc(-c2c3ccccc3c(-c3ccc(-c4ccc(-c5cccc6c5ccc5cc7ccccc7cc56)cc4)cc3)c3ccccc23)nc1. The lowest BCUT2D eigenvalue weighted by Crippen LogP contribution is -1.93. The van der Waals surface area contributed by atoms with Crippen LogP contribution in [0.15, 0.2) is 182 Å². The summed E-state index contributed by atoms with van der Waals surface area (Å²) in [6.45, 7) is 0. The van der Waals surface area contributed by atoms with E-state index >= 15 is 0 Å². The summed E-state index contributed by atoms with van der Waals surface area (Å²) in [4.78, 5) is 9.30. The van der Waals surface area contributed by atoms with E-state index in [1.54, 1.807) is 0 Å². The molecule has 0 bridgehead atoms. The second-order valence-corrected chi connectivity index (χ2v) is 13.0. The van der Waals surface area contributed by atoms with Gasteiger partial charge in [-0.1, -0.05) is 152 Å². The van der Waals surface area contributed by atoms with Crippen molar-refractivity contribution in [3.8, 4) is 44.8 Å². The van der Waals surface area contributed by atoms with Crippen molar-refractivity contribution in [1.82, 2.24) is 9.97 Å². The van der Waals surface area contributed by atoms with Gasteiger partial charge in [0.1, 0.15) is 0 Å². The van der Waals surface area contributed by atoms with Crippen LogP contribution in [0.5, 0.6) is 0 Å². The summed E-state index contributed by atoms with van der Waals surface area (Å²) in [5, 5.41) is 12.4. The van der Waals surface area contributed by atoms with Gasteiger partial charge in [-0.05, 0) is 105 Å². The smallest absolute Gasteiger partial charge is 0.160 e. The molecule has 1 heterocycles. The monoisotopic (exact) mass is 634 g/mol. The van der Waals surface area contributed by atoms with E-state index in [9.17, 15) is 0 Å². The van der Waals surface area contributed by atoms with Crippen LogP contribution in [0, 0.1) is 0 Å². The molecule has 0 amide bonds. The van der Waals surface area contributed by atoms with Gasteiger partial charge in [-0.25, -0.2) is 9.97 Å². The molecule has 0 aliphatic rings. The first-order chi connectivity index (χ1) is 24.8. The van der Waals surface area contributed by atoms with Crippen molar-refractivity contribution < 1.29 is 0 Å². The van der Waals surface area contributed by atoms with Crippen molar-refractivity contribution in [2.75, 3.05) is 0 Å². The van der Waals surface area contributed by atoms with Gasteiger partial charge in [-0.2, -0.15) is 0 Å². The summed E-state index contributed by atoms with van der Waals surface area (Å²) in [5.74, 6) is 0.746. The zero-order chi connectivity index (χ0) is 33.0. The molecule has 2 heteroatoms. The number of aromatic nitrogens is 2. The van der Waals surface area contributed by atoms with Crippen molar-refractivity contribution in [1.29, 1.82) is 0 Å². The molecular weight excluding hydrogens is 605 g/mol. The van der Waals surface area contributed by atoms with Crippen LogP contribution in [-0.4, -0.2) is 9.97 Å². The highest BCUT2D eigenvalue weighted by molar-refractivity contribution is 6.21. The van der Waals surface area contributed by atoms with Crippen LogP contribution in [0.2, 0.25) is 0 Å². The molecule has 0 aliphatic heterocycles. The molecule has 2 nitrogen and oxygen atoms in total. The fourth-order valence-electron chi connectivity index (χ4n) is 7.81. The highest BCUT2D eigenvalue weighted by atomic mass is 14.9. The van der Waals surface area contributed by atoms with Crippen molar-refractivity contribution in [3.05, 3.63) is 182 Å². The third-order valence-electron chi connectivity index (χ3n) is 10.2. The molecule has 0 unspecified atom stereocenters. The Kier molecular flexibility index (Phi) is 6.53. The number of hydrogen-bond acceptors (Lipinski definition) is 2. The van der Waals surface area contributed by atoms with E-state index in [2.05, 4.69) is 174 Å². The molecule has 10 aromatic rings. The molecule has 0 saturated carbocycles. The maximum Gasteiger partial charge on any atom is 0.160 e. The number of rotatable bonds is 4. The lowest BCUT2D eigenvalue weighted by molar-refractivity contribution is 1.18. The number of fused-ring (bicyclic) bond motifs is 6. The molecule has 0 fully saturated rings. The molecule has 1 aromatic heterocycles. The largest absolute Gasteiger partial charge is 0.237 e. The summed E-state index contributed by atoms with van der Waals surface area (Å²) < 4.78 is 0. The summed E-state index contributed by atoms with van der Waals surface area (Å²) >= 11 is 0. The van der Waals surface area contributed by atoms with Crippen LogP contribution in [0.4, 0.5) is 0 Å². The lowest BCUT2D eigenvalue weighted by atomic mass is 9.87. The minimum absolute atomic E-state index is 0.746. The Morgan fingerprint density at radius 1 is 0.280 bits per heavy atom. The Labute approximate surface area is 290 Å². The lowest BCUT2D eigenvalue weighted by Gasteiger charge is -2.17. The topological polar surface area (TPSA) is 25.8 Å². The highest BCUT2D eigenvalue weighted by Crippen LogP contribution is 2.43. The molecule has 9 aromatic carbocycles. The third kappa shape index (κ3) is 4.57. The van der Waals surface area contributed by atoms with Crippen LogP contribution in [-0.2, 0) is 0 Å². The van der Waals surface area contributed by atoms with Gasteiger partial charge in [0.15, 0.2) is 5.82 Å².